The zero-order chi connectivity index (χ0) is 20.2. The lowest BCUT2D eigenvalue weighted by atomic mass is 10.1. The van der Waals surface area contributed by atoms with Crippen LogP contribution in [0.25, 0.3) is 0 Å². The molecule has 1 fully saturated rings. The molecule has 1 aliphatic heterocycles. The van der Waals surface area contributed by atoms with Crippen LogP contribution in [0.1, 0.15) is 23.2 Å². The zero-order valence-electron chi connectivity index (χ0n) is 15.4. The number of halogens is 2. The Balaban J connectivity index is 1.62. The summed E-state index contributed by atoms with van der Waals surface area (Å²) < 4.78 is 5.50. The van der Waals surface area contributed by atoms with Gasteiger partial charge in [0.15, 0.2) is 0 Å². The van der Waals surface area contributed by atoms with Crippen LogP contribution >= 0.6 is 23.2 Å². The number of carbonyl (C=O) groups excluding carboxylic acids is 1. The van der Waals surface area contributed by atoms with Gasteiger partial charge in [-0.2, -0.15) is 5.10 Å². The minimum atomic E-state index is -0.376. The van der Waals surface area contributed by atoms with E-state index in [1.54, 1.807) is 36.7 Å². The molecule has 9 heteroatoms. The van der Waals surface area contributed by atoms with Gasteiger partial charge in [-0.1, -0.05) is 29.3 Å². The average Bonchev–Trinajstić information content (AvgIpc) is 3.23. The summed E-state index contributed by atoms with van der Waals surface area (Å²) in [6.45, 7) is 1.39. The molecule has 0 spiro atoms. The van der Waals surface area contributed by atoms with Gasteiger partial charge in [-0.3, -0.25) is 9.89 Å². The van der Waals surface area contributed by atoms with Crippen molar-refractivity contribution in [2.24, 2.45) is 0 Å². The number of pyridine rings is 1. The number of rotatable bonds is 5. The van der Waals surface area contributed by atoms with Crippen LogP contribution in [0.15, 0.2) is 48.9 Å². The van der Waals surface area contributed by atoms with Crippen LogP contribution in [0.4, 0.5) is 17.2 Å². The van der Waals surface area contributed by atoms with Crippen molar-refractivity contribution in [3.8, 4) is 0 Å². The number of aromatic amines is 1. The third-order valence-corrected chi connectivity index (χ3v) is 5.39. The highest BCUT2D eigenvalue weighted by atomic mass is 35.5. The Bertz CT molecular complexity index is 970. The number of anilines is 3. The lowest BCUT2D eigenvalue weighted by Crippen LogP contribution is -2.36. The molecule has 0 bridgehead atoms. The van der Waals surface area contributed by atoms with Gasteiger partial charge in [-0.25, -0.2) is 4.98 Å². The Morgan fingerprint density at radius 3 is 2.66 bits per heavy atom. The summed E-state index contributed by atoms with van der Waals surface area (Å²) in [4.78, 5) is 19.4. The maximum Gasteiger partial charge on any atom is 0.258 e. The first-order valence-electron chi connectivity index (χ1n) is 9.20. The molecule has 3 heterocycles. The smallest absolute Gasteiger partial charge is 0.258 e. The largest absolute Gasteiger partial charge is 0.381 e. The molecule has 4 rings (SSSR count). The molecule has 1 saturated heterocycles. The van der Waals surface area contributed by atoms with E-state index in [1.807, 2.05) is 12.3 Å². The number of hydrogen-bond acceptors (Lipinski definition) is 5. The number of amides is 1. The second-order valence-electron chi connectivity index (χ2n) is 6.62. The summed E-state index contributed by atoms with van der Waals surface area (Å²) in [5, 5.41) is 10.4. The third kappa shape index (κ3) is 4.37. The van der Waals surface area contributed by atoms with Gasteiger partial charge in [0.1, 0.15) is 5.82 Å². The molecule has 0 atom stereocenters. The average molecular weight is 432 g/mol. The van der Waals surface area contributed by atoms with Crippen LogP contribution in [0.2, 0.25) is 10.0 Å². The van der Waals surface area contributed by atoms with Crippen LogP contribution in [0.3, 0.4) is 0 Å². The van der Waals surface area contributed by atoms with E-state index in [2.05, 4.69) is 25.4 Å². The van der Waals surface area contributed by atoms with Gasteiger partial charge in [0.05, 0.1) is 27.5 Å². The predicted octanol–water partition coefficient (Wildman–Crippen LogP) is 4.68. The van der Waals surface area contributed by atoms with Gasteiger partial charge in [0.2, 0.25) is 0 Å². The van der Waals surface area contributed by atoms with E-state index in [0.29, 0.717) is 34.8 Å². The molecule has 1 amide bonds. The fourth-order valence-electron chi connectivity index (χ4n) is 3.39. The Morgan fingerprint density at radius 2 is 1.97 bits per heavy atom. The molecule has 2 aromatic heterocycles. The molecule has 1 aromatic carbocycles. The zero-order valence-corrected chi connectivity index (χ0v) is 17.0. The van der Waals surface area contributed by atoms with Crippen molar-refractivity contribution in [1.82, 2.24) is 15.2 Å². The third-order valence-electron chi connectivity index (χ3n) is 4.76. The van der Waals surface area contributed by atoms with E-state index in [0.717, 1.165) is 18.5 Å². The van der Waals surface area contributed by atoms with E-state index >= 15 is 0 Å². The maximum atomic E-state index is 12.7. The molecule has 0 aliphatic carbocycles. The van der Waals surface area contributed by atoms with Crippen molar-refractivity contribution < 1.29 is 9.53 Å². The number of nitrogens with one attached hydrogen (secondary N) is 2. The molecule has 0 unspecified atom stereocenters. The first-order valence-corrected chi connectivity index (χ1v) is 9.96. The number of aromatic nitrogens is 3. The number of carbonyl (C=O) groups is 1. The van der Waals surface area contributed by atoms with Crippen molar-refractivity contribution in [2.45, 2.75) is 18.9 Å². The van der Waals surface area contributed by atoms with Gasteiger partial charge in [-0.15, -0.1) is 0 Å². The van der Waals surface area contributed by atoms with Crippen LogP contribution in [-0.4, -0.2) is 40.3 Å². The minimum Gasteiger partial charge on any atom is -0.381 e. The van der Waals surface area contributed by atoms with Crippen LogP contribution in [-0.2, 0) is 4.74 Å². The summed E-state index contributed by atoms with van der Waals surface area (Å²) in [7, 11) is 0. The topological polar surface area (TPSA) is 83.1 Å². The predicted molar refractivity (Wildman–Crippen MR) is 113 cm³/mol. The Morgan fingerprint density at radius 1 is 1.21 bits per heavy atom. The number of H-pyrrole nitrogens is 1. The fourth-order valence-corrected chi connectivity index (χ4v) is 3.95. The molecule has 1 aliphatic rings. The maximum absolute atomic E-state index is 12.7. The molecule has 7 nitrogen and oxygen atoms in total. The summed E-state index contributed by atoms with van der Waals surface area (Å²) in [5.74, 6) is 0.333. The Labute approximate surface area is 178 Å². The van der Waals surface area contributed by atoms with E-state index in [9.17, 15) is 4.79 Å². The molecular weight excluding hydrogens is 413 g/mol. The number of ether oxygens (including phenoxy) is 1. The molecule has 0 saturated carbocycles. The first-order chi connectivity index (χ1) is 14.1. The van der Waals surface area contributed by atoms with Crippen molar-refractivity contribution in [3.05, 3.63) is 64.5 Å². The van der Waals surface area contributed by atoms with E-state index < -0.39 is 0 Å². The van der Waals surface area contributed by atoms with Crippen molar-refractivity contribution in [2.75, 3.05) is 23.4 Å². The molecule has 29 heavy (non-hydrogen) atoms. The monoisotopic (exact) mass is 431 g/mol. The summed E-state index contributed by atoms with van der Waals surface area (Å²) in [6.07, 6.45) is 6.99. The van der Waals surface area contributed by atoms with E-state index in [4.69, 9.17) is 27.9 Å². The number of nitrogens with zero attached hydrogens (tertiary/aromatic N) is 3. The van der Waals surface area contributed by atoms with Gasteiger partial charge in [0.25, 0.3) is 5.91 Å². The van der Waals surface area contributed by atoms with Crippen LogP contribution in [0.5, 0.6) is 0 Å². The number of hydrogen-bond donors (Lipinski definition) is 2. The van der Waals surface area contributed by atoms with Gasteiger partial charge < -0.3 is 15.0 Å². The van der Waals surface area contributed by atoms with Crippen molar-refractivity contribution in [3.63, 3.8) is 0 Å². The van der Waals surface area contributed by atoms with Crippen molar-refractivity contribution in [1.29, 1.82) is 0 Å². The summed E-state index contributed by atoms with van der Waals surface area (Å²) >= 11 is 12.3. The molecule has 2 N–H and O–H groups in total. The van der Waals surface area contributed by atoms with Crippen molar-refractivity contribution >= 4 is 46.3 Å². The summed E-state index contributed by atoms with van der Waals surface area (Å²) in [6, 6.07) is 8.73. The molecule has 150 valence electrons. The highest BCUT2D eigenvalue weighted by Gasteiger charge is 2.25. The van der Waals surface area contributed by atoms with Crippen LogP contribution < -0.4 is 10.2 Å². The van der Waals surface area contributed by atoms with Crippen LogP contribution in [0, 0.1) is 0 Å². The van der Waals surface area contributed by atoms with E-state index in [-0.39, 0.29) is 17.5 Å². The lowest BCUT2D eigenvalue weighted by Gasteiger charge is -2.34. The molecule has 0 radical (unpaired) electrons. The Kier molecular flexibility index (Phi) is 5.99. The SMILES string of the molecule is O=C(Nc1ccnc(N(c2cn[nH]c2)C2CCOCC2)c1)c1c(Cl)cccc1Cl. The highest BCUT2D eigenvalue weighted by molar-refractivity contribution is 6.40. The lowest BCUT2D eigenvalue weighted by molar-refractivity contribution is 0.0864. The van der Waals surface area contributed by atoms with Gasteiger partial charge >= 0.3 is 0 Å². The first kappa shape index (κ1) is 19.7. The number of benzene rings is 1. The highest BCUT2D eigenvalue weighted by Crippen LogP contribution is 2.31. The molecular formula is C20H19Cl2N5O2. The summed E-state index contributed by atoms with van der Waals surface area (Å²) in [5.41, 5.74) is 1.74. The quantitative estimate of drug-likeness (QED) is 0.612. The van der Waals surface area contributed by atoms with Gasteiger partial charge in [-0.05, 0) is 31.0 Å². The van der Waals surface area contributed by atoms with E-state index in [1.165, 1.54) is 0 Å². The second kappa shape index (κ2) is 8.82. The molecule has 3 aromatic rings. The van der Waals surface area contributed by atoms with Gasteiger partial charge in [0, 0.05) is 43.4 Å². The fraction of sp³-hybridized carbons (Fsp3) is 0.250. The Hall–Kier alpha value is -2.61. The minimum absolute atomic E-state index is 0.220. The second-order valence-corrected chi connectivity index (χ2v) is 7.44. The normalized spacial score (nSPS) is 14.6. The standard InChI is InChI=1S/C20H19Cl2N5O2/c21-16-2-1-3-17(22)19(16)20(28)26-13-4-7-23-18(10-13)27(15-11-24-25-12-15)14-5-8-29-9-6-14/h1-4,7,10-12,14H,5-6,8-9H2,(H,24,25)(H,23,26,28).